The number of benzene rings is 1. The number of carbonyl (C=O) groups excluding carboxylic acids is 1. The third-order valence-electron chi connectivity index (χ3n) is 5.04. The van der Waals surface area contributed by atoms with E-state index >= 15 is 0 Å². The molecule has 0 unspecified atom stereocenters. The number of aryl methyl sites for hydroxylation is 2. The Morgan fingerprint density at radius 2 is 1.93 bits per heavy atom. The van der Waals surface area contributed by atoms with Crippen molar-refractivity contribution in [3.05, 3.63) is 65.8 Å². The van der Waals surface area contributed by atoms with Crippen LogP contribution in [0.1, 0.15) is 41.9 Å². The molecule has 29 heavy (non-hydrogen) atoms. The van der Waals surface area contributed by atoms with Gasteiger partial charge in [-0.15, -0.1) is 0 Å². The van der Waals surface area contributed by atoms with Gasteiger partial charge in [-0.25, -0.2) is 19.2 Å². The van der Waals surface area contributed by atoms with Gasteiger partial charge in [0.05, 0.1) is 11.7 Å². The van der Waals surface area contributed by atoms with E-state index in [1.807, 2.05) is 45.0 Å². The van der Waals surface area contributed by atoms with Crippen molar-refractivity contribution in [1.82, 2.24) is 39.7 Å². The highest BCUT2D eigenvalue weighted by atomic mass is 16.1. The zero-order valence-corrected chi connectivity index (χ0v) is 16.6. The number of carbonyl (C=O) groups is 1. The maximum atomic E-state index is 12.5. The van der Waals surface area contributed by atoms with E-state index in [1.165, 1.54) is 12.7 Å². The highest BCUT2D eigenvalue weighted by Crippen LogP contribution is 2.17. The van der Waals surface area contributed by atoms with Crippen LogP contribution < -0.4 is 5.32 Å². The Morgan fingerprint density at radius 1 is 1.14 bits per heavy atom. The summed E-state index contributed by atoms with van der Waals surface area (Å²) in [6.07, 6.45) is 5.61. The molecule has 0 aliphatic rings. The summed E-state index contributed by atoms with van der Waals surface area (Å²) in [4.78, 5) is 25.0. The molecule has 9 heteroatoms. The number of rotatable bonds is 6. The van der Waals surface area contributed by atoms with Gasteiger partial charge in [-0.1, -0.05) is 12.1 Å². The molecular weight excluding hydrogens is 368 g/mol. The van der Waals surface area contributed by atoms with Gasteiger partial charge in [0.15, 0.2) is 0 Å². The van der Waals surface area contributed by atoms with Gasteiger partial charge in [-0.2, -0.15) is 15.2 Å². The van der Waals surface area contributed by atoms with Gasteiger partial charge in [0.2, 0.25) is 5.91 Å². The fraction of sp³-hybridized carbons (Fsp3) is 0.300. The normalized spacial score (nSPS) is 12.2. The summed E-state index contributed by atoms with van der Waals surface area (Å²) in [5.74, 6) is 0.575. The van der Waals surface area contributed by atoms with E-state index < -0.39 is 0 Å². The number of aromatic nitrogens is 7. The van der Waals surface area contributed by atoms with E-state index in [0.717, 1.165) is 28.2 Å². The molecule has 1 amide bonds. The van der Waals surface area contributed by atoms with Crippen LogP contribution in [0.15, 0.2) is 43.2 Å². The second-order valence-electron chi connectivity index (χ2n) is 6.95. The number of nitrogens with one attached hydrogen (secondary N) is 1. The van der Waals surface area contributed by atoms with Crippen molar-refractivity contribution in [3.63, 3.8) is 0 Å². The van der Waals surface area contributed by atoms with Crippen LogP contribution in [0, 0.1) is 13.8 Å². The summed E-state index contributed by atoms with van der Waals surface area (Å²) in [6.45, 7) is 5.89. The zero-order chi connectivity index (χ0) is 20.4. The SMILES string of the molecule is Cc1nc2ncnn2c(C)c1CCC(=O)N[C@H](C)c1ccc(-n2cncn2)cc1. The Hall–Kier alpha value is -3.62. The standard InChI is InChI=1S/C20H22N8O/c1-13(16-4-6-17(7-5-16)27-12-21-10-23-27)25-19(29)9-8-18-14(2)26-20-22-11-24-28(20)15(18)3/h4-7,10-13H,8-9H2,1-3H3,(H,25,29)/t13-/m1/s1. The van der Waals surface area contributed by atoms with Crippen LogP contribution in [-0.2, 0) is 11.2 Å². The second-order valence-corrected chi connectivity index (χ2v) is 6.95. The Morgan fingerprint density at radius 3 is 2.66 bits per heavy atom. The lowest BCUT2D eigenvalue weighted by Gasteiger charge is -2.16. The molecule has 0 saturated carbocycles. The van der Waals surface area contributed by atoms with Crippen LogP contribution in [0.3, 0.4) is 0 Å². The van der Waals surface area contributed by atoms with Crippen molar-refractivity contribution in [1.29, 1.82) is 0 Å². The van der Waals surface area contributed by atoms with Crippen LogP contribution in [0.25, 0.3) is 11.5 Å². The highest BCUT2D eigenvalue weighted by Gasteiger charge is 2.14. The van der Waals surface area contributed by atoms with E-state index in [-0.39, 0.29) is 11.9 Å². The van der Waals surface area contributed by atoms with Crippen LogP contribution in [0.2, 0.25) is 0 Å². The third kappa shape index (κ3) is 3.84. The zero-order valence-electron chi connectivity index (χ0n) is 16.6. The Kier molecular flexibility index (Phi) is 5.03. The van der Waals surface area contributed by atoms with E-state index in [2.05, 4.69) is 30.5 Å². The van der Waals surface area contributed by atoms with E-state index in [1.54, 1.807) is 15.5 Å². The number of hydrogen-bond donors (Lipinski definition) is 1. The lowest BCUT2D eigenvalue weighted by Crippen LogP contribution is -2.27. The van der Waals surface area contributed by atoms with Gasteiger partial charge < -0.3 is 5.32 Å². The largest absolute Gasteiger partial charge is 0.350 e. The van der Waals surface area contributed by atoms with Gasteiger partial charge in [0, 0.05) is 17.8 Å². The molecule has 3 aromatic heterocycles. The number of hydrogen-bond acceptors (Lipinski definition) is 6. The molecule has 0 spiro atoms. The van der Waals surface area contributed by atoms with Crippen LogP contribution in [0.5, 0.6) is 0 Å². The minimum absolute atomic E-state index is 0.00431. The maximum Gasteiger partial charge on any atom is 0.252 e. The van der Waals surface area contributed by atoms with Crippen molar-refractivity contribution in [2.75, 3.05) is 0 Å². The Balaban J connectivity index is 1.38. The molecule has 4 aromatic rings. The first-order valence-electron chi connectivity index (χ1n) is 9.43. The second kappa shape index (κ2) is 7.78. The summed E-state index contributed by atoms with van der Waals surface area (Å²) in [5, 5.41) is 11.4. The van der Waals surface area contributed by atoms with Crippen molar-refractivity contribution in [3.8, 4) is 5.69 Å². The first kappa shape index (κ1) is 18.7. The Bertz CT molecular complexity index is 1130. The minimum atomic E-state index is -0.0922. The molecule has 0 radical (unpaired) electrons. The van der Waals surface area contributed by atoms with Crippen molar-refractivity contribution in [2.24, 2.45) is 0 Å². The summed E-state index contributed by atoms with van der Waals surface area (Å²) in [7, 11) is 0. The smallest absolute Gasteiger partial charge is 0.252 e. The molecule has 0 aliphatic heterocycles. The van der Waals surface area contributed by atoms with E-state index in [0.29, 0.717) is 18.6 Å². The van der Waals surface area contributed by atoms with Gasteiger partial charge >= 0.3 is 0 Å². The maximum absolute atomic E-state index is 12.5. The third-order valence-corrected chi connectivity index (χ3v) is 5.04. The first-order chi connectivity index (χ1) is 14.0. The quantitative estimate of drug-likeness (QED) is 0.541. The van der Waals surface area contributed by atoms with Crippen molar-refractivity contribution >= 4 is 11.7 Å². The van der Waals surface area contributed by atoms with Gasteiger partial charge in [-0.3, -0.25) is 4.79 Å². The fourth-order valence-corrected chi connectivity index (χ4v) is 3.41. The summed E-state index contributed by atoms with van der Waals surface area (Å²) in [6, 6.07) is 7.79. The predicted molar refractivity (Wildman–Crippen MR) is 106 cm³/mol. The molecule has 148 valence electrons. The molecule has 0 aliphatic carbocycles. The monoisotopic (exact) mass is 390 g/mol. The Labute approximate surface area is 167 Å². The minimum Gasteiger partial charge on any atom is -0.350 e. The number of fused-ring (bicyclic) bond motifs is 1. The van der Waals surface area contributed by atoms with Gasteiger partial charge in [0.25, 0.3) is 5.78 Å². The molecule has 1 aromatic carbocycles. The molecule has 0 fully saturated rings. The summed E-state index contributed by atoms with van der Waals surface area (Å²) < 4.78 is 3.40. The topological polar surface area (TPSA) is 103 Å². The molecule has 1 N–H and O–H groups in total. The van der Waals surface area contributed by atoms with Crippen LogP contribution >= 0.6 is 0 Å². The van der Waals surface area contributed by atoms with Gasteiger partial charge in [0.1, 0.15) is 19.0 Å². The number of nitrogens with zero attached hydrogens (tertiary/aromatic N) is 7. The van der Waals surface area contributed by atoms with Crippen LogP contribution in [0.4, 0.5) is 0 Å². The molecule has 0 bridgehead atoms. The first-order valence-corrected chi connectivity index (χ1v) is 9.43. The average molecular weight is 390 g/mol. The predicted octanol–water partition coefficient (Wildman–Crippen LogP) is 2.13. The van der Waals surface area contributed by atoms with Crippen molar-refractivity contribution < 1.29 is 4.79 Å². The molecule has 4 rings (SSSR count). The molecule has 3 heterocycles. The molecule has 0 saturated heterocycles. The highest BCUT2D eigenvalue weighted by molar-refractivity contribution is 5.76. The molecule has 1 atom stereocenters. The van der Waals surface area contributed by atoms with Crippen molar-refractivity contribution in [2.45, 2.75) is 39.7 Å². The van der Waals surface area contributed by atoms with Gasteiger partial charge in [-0.05, 0) is 50.5 Å². The summed E-state index contributed by atoms with van der Waals surface area (Å²) in [5.41, 5.74) is 4.83. The van der Waals surface area contributed by atoms with E-state index in [9.17, 15) is 4.79 Å². The lowest BCUT2D eigenvalue weighted by atomic mass is 10.1. The van der Waals surface area contributed by atoms with E-state index in [4.69, 9.17) is 0 Å². The molecular formula is C20H22N8O. The lowest BCUT2D eigenvalue weighted by molar-refractivity contribution is -0.121. The number of amides is 1. The summed E-state index contributed by atoms with van der Waals surface area (Å²) >= 11 is 0. The average Bonchev–Trinajstić information content (AvgIpc) is 3.40. The van der Waals surface area contributed by atoms with Crippen LogP contribution in [-0.4, -0.2) is 40.3 Å². The molecule has 9 nitrogen and oxygen atoms in total. The fourth-order valence-electron chi connectivity index (χ4n) is 3.41.